The summed E-state index contributed by atoms with van der Waals surface area (Å²) in [6.45, 7) is 2.56. The maximum absolute atomic E-state index is 11.4. The zero-order chi connectivity index (χ0) is 10.7. The van der Waals surface area contributed by atoms with Gasteiger partial charge in [0.1, 0.15) is 0 Å². The molecule has 1 amide bonds. The highest BCUT2D eigenvalue weighted by Crippen LogP contribution is 2.17. The van der Waals surface area contributed by atoms with Crippen LogP contribution in [0.5, 0.6) is 0 Å². The van der Waals surface area contributed by atoms with Crippen molar-refractivity contribution >= 4 is 11.9 Å². The molecule has 1 saturated heterocycles. The van der Waals surface area contributed by atoms with Gasteiger partial charge in [0.15, 0.2) is 0 Å². The second-order valence-corrected chi connectivity index (χ2v) is 3.85. The third kappa shape index (κ3) is 2.70. The summed E-state index contributed by atoms with van der Waals surface area (Å²) in [5, 5.41) is 8.59. The summed E-state index contributed by atoms with van der Waals surface area (Å²) in [7, 11) is 0. The molecule has 14 heavy (non-hydrogen) atoms. The first-order valence-corrected chi connectivity index (χ1v) is 4.77. The number of rotatable bonds is 4. The van der Waals surface area contributed by atoms with E-state index in [1.165, 1.54) is 0 Å². The van der Waals surface area contributed by atoms with Gasteiger partial charge in [0.05, 0.1) is 5.92 Å². The van der Waals surface area contributed by atoms with Gasteiger partial charge in [0.2, 0.25) is 5.91 Å². The number of nitrogens with two attached hydrogens (primary N) is 1. The standard InChI is InChI=1S/C9H16N2O3/c1-6(10)2-3-8(12)11-4-7(5-11)9(13)14/h6-7H,2-5,10H2,1H3,(H,13,14). The zero-order valence-corrected chi connectivity index (χ0v) is 8.27. The molecule has 1 aliphatic rings. The van der Waals surface area contributed by atoms with Crippen LogP contribution < -0.4 is 5.73 Å². The van der Waals surface area contributed by atoms with Crippen molar-refractivity contribution in [3.63, 3.8) is 0 Å². The fourth-order valence-corrected chi connectivity index (χ4v) is 1.35. The van der Waals surface area contributed by atoms with Gasteiger partial charge in [-0.1, -0.05) is 0 Å². The monoisotopic (exact) mass is 200 g/mol. The number of amides is 1. The summed E-state index contributed by atoms with van der Waals surface area (Å²) >= 11 is 0. The van der Waals surface area contributed by atoms with E-state index in [1.807, 2.05) is 6.92 Å². The van der Waals surface area contributed by atoms with Crippen LogP contribution in [-0.2, 0) is 9.59 Å². The lowest BCUT2D eigenvalue weighted by molar-refractivity contribution is -0.152. The van der Waals surface area contributed by atoms with Crippen LogP contribution in [0.3, 0.4) is 0 Å². The molecule has 1 rings (SSSR count). The van der Waals surface area contributed by atoms with E-state index in [-0.39, 0.29) is 17.9 Å². The van der Waals surface area contributed by atoms with Crippen LogP contribution in [0.2, 0.25) is 0 Å². The molecule has 0 aromatic heterocycles. The molecule has 80 valence electrons. The van der Waals surface area contributed by atoms with Gasteiger partial charge in [-0.05, 0) is 13.3 Å². The lowest BCUT2D eigenvalue weighted by Gasteiger charge is -2.36. The van der Waals surface area contributed by atoms with Gasteiger partial charge in [0, 0.05) is 25.6 Å². The Morgan fingerprint density at radius 2 is 2.14 bits per heavy atom. The summed E-state index contributed by atoms with van der Waals surface area (Å²) in [4.78, 5) is 23.4. The molecule has 1 atom stereocenters. The Labute approximate surface area is 82.9 Å². The summed E-state index contributed by atoms with van der Waals surface area (Å²) in [6, 6.07) is 0.0236. The Morgan fingerprint density at radius 1 is 1.57 bits per heavy atom. The Kier molecular flexibility index (Phi) is 3.46. The smallest absolute Gasteiger partial charge is 0.310 e. The van der Waals surface area contributed by atoms with E-state index in [0.29, 0.717) is 25.9 Å². The van der Waals surface area contributed by atoms with E-state index in [0.717, 1.165) is 0 Å². The number of hydrogen-bond acceptors (Lipinski definition) is 3. The number of carbonyl (C=O) groups excluding carboxylic acids is 1. The van der Waals surface area contributed by atoms with E-state index in [9.17, 15) is 9.59 Å². The second-order valence-electron chi connectivity index (χ2n) is 3.85. The summed E-state index contributed by atoms with van der Waals surface area (Å²) < 4.78 is 0. The van der Waals surface area contributed by atoms with Gasteiger partial charge in [-0.3, -0.25) is 9.59 Å². The normalized spacial score (nSPS) is 18.9. The number of hydrogen-bond donors (Lipinski definition) is 2. The molecular formula is C9H16N2O3. The SMILES string of the molecule is CC(N)CCC(=O)N1CC(C(=O)O)C1. The summed E-state index contributed by atoms with van der Waals surface area (Å²) in [5.41, 5.74) is 5.51. The van der Waals surface area contributed by atoms with Crippen molar-refractivity contribution in [2.24, 2.45) is 11.7 Å². The molecule has 0 aromatic rings. The molecule has 3 N–H and O–H groups in total. The van der Waals surface area contributed by atoms with Crippen LogP contribution in [0.4, 0.5) is 0 Å². The molecule has 0 spiro atoms. The molecule has 5 heteroatoms. The van der Waals surface area contributed by atoms with Gasteiger partial charge in [0.25, 0.3) is 0 Å². The van der Waals surface area contributed by atoms with Crippen LogP contribution in [0.1, 0.15) is 19.8 Å². The number of likely N-dealkylation sites (tertiary alicyclic amines) is 1. The molecule has 1 heterocycles. The topological polar surface area (TPSA) is 83.6 Å². The maximum atomic E-state index is 11.4. The Balaban J connectivity index is 2.19. The van der Waals surface area contributed by atoms with Crippen molar-refractivity contribution in [2.45, 2.75) is 25.8 Å². The van der Waals surface area contributed by atoms with Crippen molar-refractivity contribution in [1.29, 1.82) is 0 Å². The molecule has 1 unspecified atom stereocenters. The van der Waals surface area contributed by atoms with Crippen molar-refractivity contribution < 1.29 is 14.7 Å². The second kappa shape index (κ2) is 4.41. The number of carboxylic acids is 1. The molecule has 0 aliphatic carbocycles. The molecule has 0 saturated carbocycles. The minimum absolute atomic E-state index is 0.0137. The third-order valence-corrected chi connectivity index (χ3v) is 2.40. The highest BCUT2D eigenvalue weighted by molar-refractivity contribution is 5.80. The number of aliphatic carboxylic acids is 1. The minimum atomic E-state index is -0.818. The predicted molar refractivity (Wildman–Crippen MR) is 50.6 cm³/mol. The Hall–Kier alpha value is -1.10. The summed E-state index contributed by atoms with van der Waals surface area (Å²) in [6.07, 6.45) is 1.08. The van der Waals surface area contributed by atoms with Crippen LogP contribution in [0.15, 0.2) is 0 Å². The molecule has 5 nitrogen and oxygen atoms in total. The zero-order valence-electron chi connectivity index (χ0n) is 8.27. The van der Waals surface area contributed by atoms with Gasteiger partial charge in [-0.25, -0.2) is 0 Å². The first kappa shape index (κ1) is 11.0. The van der Waals surface area contributed by atoms with E-state index in [2.05, 4.69) is 0 Å². The van der Waals surface area contributed by atoms with Crippen LogP contribution in [-0.4, -0.2) is 41.0 Å². The first-order chi connectivity index (χ1) is 6.50. The quantitative estimate of drug-likeness (QED) is 0.650. The molecule has 1 fully saturated rings. The minimum Gasteiger partial charge on any atom is -0.481 e. The number of carbonyl (C=O) groups is 2. The van der Waals surface area contributed by atoms with Gasteiger partial charge < -0.3 is 15.7 Å². The lowest BCUT2D eigenvalue weighted by Crippen LogP contribution is -2.53. The molecular weight excluding hydrogens is 184 g/mol. The fraction of sp³-hybridized carbons (Fsp3) is 0.778. The Morgan fingerprint density at radius 3 is 2.57 bits per heavy atom. The van der Waals surface area contributed by atoms with E-state index < -0.39 is 5.97 Å². The van der Waals surface area contributed by atoms with Gasteiger partial charge in [-0.2, -0.15) is 0 Å². The van der Waals surface area contributed by atoms with Crippen LogP contribution in [0.25, 0.3) is 0 Å². The number of carboxylic acid groups (broad SMARTS) is 1. The highest BCUT2D eigenvalue weighted by atomic mass is 16.4. The van der Waals surface area contributed by atoms with Gasteiger partial charge >= 0.3 is 5.97 Å². The first-order valence-electron chi connectivity index (χ1n) is 4.77. The average molecular weight is 200 g/mol. The highest BCUT2D eigenvalue weighted by Gasteiger charge is 2.34. The fourth-order valence-electron chi connectivity index (χ4n) is 1.35. The van der Waals surface area contributed by atoms with Crippen molar-refractivity contribution in [1.82, 2.24) is 4.90 Å². The Bertz CT molecular complexity index is 234. The van der Waals surface area contributed by atoms with E-state index in [4.69, 9.17) is 10.8 Å². The van der Waals surface area contributed by atoms with Crippen molar-refractivity contribution in [2.75, 3.05) is 13.1 Å². The lowest BCUT2D eigenvalue weighted by atomic mass is 9.99. The van der Waals surface area contributed by atoms with Crippen LogP contribution >= 0.6 is 0 Å². The average Bonchev–Trinajstić information content (AvgIpc) is 1.97. The summed E-state index contributed by atoms with van der Waals surface area (Å²) in [5.74, 6) is -1.17. The maximum Gasteiger partial charge on any atom is 0.310 e. The molecule has 0 bridgehead atoms. The van der Waals surface area contributed by atoms with E-state index in [1.54, 1.807) is 4.90 Å². The van der Waals surface area contributed by atoms with Crippen molar-refractivity contribution in [3.8, 4) is 0 Å². The molecule has 1 aliphatic heterocycles. The van der Waals surface area contributed by atoms with Crippen molar-refractivity contribution in [3.05, 3.63) is 0 Å². The molecule has 0 radical (unpaired) electrons. The van der Waals surface area contributed by atoms with E-state index >= 15 is 0 Å². The van der Waals surface area contributed by atoms with Crippen LogP contribution in [0, 0.1) is 5.92 Å². The predicted octanol–water partition coefficient (Wildman–Crippen LogP) is -0.343. The van der Waals surface area contributed by atoms with Gasteiger partial charge in [-0.15, -0.1) is 0 Å². The third-order valence-electron chi connectivity index (χ3n) is 2.40. The number of nitrogens with zero attached hydrogens (tertiary/aromatic N) is 1. The molecule has 0 aromatic carbocycles. The largest absolute Gasteiger partial charge is 0.481 e.